The Hall–Kier alpha value is -4.04. The smallest absolute Gasteiger partial charge is 0.275 e. The van der Waals surface area contributed by atoms with Gasteiger partial charge in [0.25, 0.3) is 11.1 Å². The zero-order valence-electron chi connectivity index (χ0n) is 22.2. The van der Waals surface area contributed by atoms with E-state index in [0.29, 0.717) is 34.9 Å². The minimum atomic E-state index is -0.679. The number of halogens is 1. The predicted octanol–water partition coefficient (Wildman–Crippen LogP) is 6.38. The Labute approximate surface area is 235 Å². The molecule has 0 bridgehead atoms. The molecule has 200 valence electrons. The predicted molar refractivity (Wildman–Crippen MR) is 158 cm³/mol. The van der Waals surface area contributed by atoms with Gasteiger partial charge in [0.1, 0.15) is 5.75 Å². The molecular formula is C31H31BrN4O3. The summed E-state index contributed by atoms with van der Waals surface area (Å²) in [6, 6.07) is 24.6. The summed E-state index contributed by atoms with van der Waals surface area (Å²) >= 11 is 3.61. The summed E-state index contributed by atoms with van der Waals surface area (Å²) in [6.45, 7) is 6.39. The zero-order valence-corrected chi connectivity index (χ0v) is 23.8. The number of hydrogen-bond acceptors (Lipinski definition) is 3. The molecule has 2 N–H and O–H groups in total. The van der Waals surface area contributed by atoms with E-state index in [1.165, 1.54) is 9.36 Å². The number of hydrogen-bond donors (Lipinski definition) is 2. The largest absolute Gasteiger partial charge is 0.493 e. The van der Waals surface area contributed by atoms with E-state index in [0.717, 1.165) is 34.3 Å². The average molecular weight is 588 g/mol. The lowest BCUT2D eigenvalue weighted by Crippen LogP contribution is -2.25. The van der Waals surface area contributed by atoms with Crippen LogP contribution in [0.2, 0.25) is 0 Å². The van der Waals surface area contributed by atoms with E-state index < -0.39 is 5.92 Å². The summed E-state index contributed by atoms with van der Waals surface area (Å²) in [5, 5.41) is 6.49. The number of aromatic amines is 2. The molecule has 0 aliphatic heterocycles. The molecule has 0 amide bonds. The summed E-state index contributed by atoms with van der Waals surface area (Å²) in [5.74, 6) is -0.0317. The molecule has 0 saturated carbocycles. The standard InChI is InChI=1S/C31H31BrN4O3/c1-4-5-18-39-26-17-16-22(32)19-25(26)29(27-20(2)33-35(30(27)37)23-12-8-6-9-13-23)28-21(3)34-36(31(28)38)24-14-10-7-11-15-24/h6-17,19,29,33-34H,4-5,18H2,1-3H3. The van der Waals surface area contributed by atoms with Gasteiger partial charge in [-0.05, 0) is 62.7 Å². The van der Waals surface area contributed by atoms with E-state index in [1.54, 1.807) is 0 Å². The first-order valence-electron chi connectivity index (χ1n) is 13.1. The maximum atomic E-state index is 14.1. The van der Waals surface area contributed by atoms with Crippen molar-refractivity contribution >= 4 is 15.9 Å². The average Bonchev–Trinajstić information content (AvgIpc) is 3.41. The Bertz CT molecular complexity index is 1600. The first-order chi connectivity index (χ1) is 18.9. The van der Waals surface area contributed by atoms with Crippen molar-refractivity contribution in [3.63, 3.8) is 0 Å². The van der Waals surface area contributed by atoms with E-state index in [1.807, 2.05) is 92.7 Å². The number of ether oxygens (including phenoxy) is 1. The maximum absolute atomic E-state index is 14.1. The van der Waals surface area contributed by atoms with Crippen LogP contribution in [0.3, 0.4) is 0 Å². The number of aryl methyl sites for hydroxylation is 2. The van der Waals surface area contributed by atoms with Gasteiger partial charge in [-0.3, -0.25) is 19.8 Å². The summed E-state index contributed by atoms with van der Waals surface area (Å²) in [6.07, 6.45) is 1.89. The van der Waals surface area contributed by atoms with E-state index in [9.17, 15) is 9.59 Å². The highest BCUT2D eigenvalue weighted by Gasteiger charge is 2.33. The summed E-state index contributed by atoms with van der Waals surface area (Å²) < 4.78 is 10.1. The molecule has 39 heavy (non-hydrogen) atoms. The molecule has 5 aromatic rings. The molecular weight excluding hydrogens is 556 g/mol. The van der Waals surface area contributed by atoms with Gasteiger partial charge in [0.05, 0.1) is 35.0 Å². The molecule has 0 spiro atoms. The molecule has 7 nitrogen and oxygen atoms in total. The van der Waals surface area contributed by atoms with E-state index in [4.69, 9.17) is 4.74 Å². The molecule has 0 radical (unpaired) electrons. The van der Waals surface area contributed by atoms with Crippen LogP contribution >= 0.6 is 15.9 Å². The Morgan fingerprint density at radius 3 is 1.79 bits per heavy atom. The van der Waals surface area contributed by atoms with E-state index in [2.05, 4.69) is 33.1 Å². The molecule has 0 unspecified atom stereocenters. The second-order valence-electron chi connectivity index (χ2n) is 9.57. The third-order valence-corrected chi connectivity index (χ3v) is 7.37. The Morgan fingerprint density at radius 2 is 1.31 bits per heavy atom. The van der Waals surface area contributed by atoms with Gasteiger partial charge in [-0.15, -0.1) is 0 Å². The van der Waals surface area contributed by atoms with Crippen molar-refractivity contribution in [2.45, 2.75) is 39.5 Å². The lowest BCUT2D eigenvalue weighted by molar-refractivity contribution is 0.306. The van der Waals surface area contributed by atoms with Crippen LogP contribution in [0, 0.1) is 13.8 Å². The molecule has 0 aliphatic rings. The molecule has 5 rings (SSSR count). The summed E-state index contributed by atoms with van der Waals surface area (Å²) in [4.78, 5) is 28.2. The van der Waals surface area contributed by atoms with Gasteiger partial charge in [0.15, 0.2) is 0 Å². The number of nitrogens with zero attached hydrogens (tertiary/aromatic N) is 2. The first kappa shape index (κ1) is 26.6. The van der Waals surface area contributed by atoms with Crippen molar-refractivity contribution in [1.82, 2.24) is 19.6 Å². The number of H-pyrrole nitrogens is 2. The number of para-hydroxylation sites is 2. The van der Waals surface area contributed by atoms with Crippen LogP contribution in [-0.2, 0) is 0 Å². The number of aromatic nitrogens is 4. The summed E-state index contributed by atoms with van der Waals surface area (Å²) in [7, 11) is 0. The molecule has 0 saturated heterocycles. The summed E-state index contributed by atoms with van der Waals surface area (Å²) in [5.41, 5.74) is 4.12. The fourth-order valence-corrected chi connectivity index (χ4v) is 5.35. The third-order valence-electron chi connectivity index (χ3n) is 6.88. The lowest BCUT2D eigenvalue weighted by atomic mass is 9.84. The highest BCUT2D eigenvalue weighted by Crippen LogP contribution is 2.39. The first-order valence-corrected chi connectivity index (χ1v) is 13.9. The monoisotopic (exact) mass is 586 g/mol. The van der Waals surface area contributed by atoms with Gasteiger partial charge in [-0.25, -0.2) is 9.36 Å². The topological polar surface area (TPSA) is 84.8 Å². The van der Waals surface area contributed by atoms with Crippen LogP contribution in [0.25, 0.3) is 11.4 Å². The molecule has 0 fully saturated rings. The second kappa shape index (κ2) is 11.4. The number of rotatable bonds is 9. The molecule has 0 atom stereocenters. The second-order valence-corrected chi connectivity index (χ2v) is 10.5. The van der Waals surface area contributed by atoms with Crippen molar-refractivity contribution in [3.8, 4) is 17.1 Å². The van der Waals surface area contributed by atoms with Crippen molar-refractivity contribution in [2.75, 3.05) is 6.61 Å². The van der Waals surface area contributed by atoms with Crippen molar-refractivity contribution in [3.05, 3.63) is 132 Å². The van der Waals surface area contributed by atoms with Crippen molar-refractivity contribution < 1.29 is 4.74 Å². The molecule has 3 aromatic carbocycles. The van der Waals surface area contributed by atoms with Gasteiger partial charge < -0.3 is 4.74 Å². The van der Waals surface area contributed by atoms with Crippen LogP contribution in [-0.4, -0.2) is 26.2 Å². The van der Waals surface area contributed by atoms with Gasteiger partial charge in [0, 0.05) is 21.4 Å². The Balaban J connectivity index is 1.79. The van der Waals surface area contributed by atoms with Gasteiger partial charge in [-0.1, -0.05) is 65.7 Å². The van der Waals surface area contributed by atoms with Crippen molar-refractivity contribution in [1.29, 1.82) is 0 Å². The quantitative estimate of drug-likeness (QED) is 0.196. The Morgan fingerprint density at radius 1 is 0.795 bits per heavy atom. The van der Waals surface area contributed by atoms with Crippen LogP contribution in [0.5, 0.6) is 5.75 Å². The van der Waals surface area contributed by atoms with Crippen LogP contribution in [0.15, 0.2) is 92.9 Å². The van der Waals surface area contributed by atoms with Gasteiger partial charge in [0.2, 0.25) is 0 Å². The minimum Gasteiger partial charge on any atom is -0.493 e. The highest BCUT2D eigenvalue weighted by atomic mass is 79.9. The maximum Gasteiger partial charge on any atom is 0.275 e. The zero-order chi connectivity index (χ0) is 27.5. The van der Waals surface area contributed by atoms with Crippen molar-refractivity contribution in [2.24, 2.45) is 0 Å². The minimum absolute atomic E-state index is 0.213. The normalized spacial score (nSPS) is 11.3. The third kappa shape index (κ3) is 5.16. The highest BCUT2D eigenvalue weighted by molar-refractivity contribution is 9.10. The van der Waals surface area contributed by atoms with Crippen LogP contribution in [0.4, 0.5) is 0 Å². The van der Waals surface area contributed by atoms with E-state index in [-0.39, 0.29) is 11.1 Å². The van der Waals surface area contributed by atoms with Gasteiger partial charge in [-0.2, -0.15) is 0 Å². The van der Waals surface area contributed by atoms with Crippen LogP contribution < -0.4 is 15.9 Å². The molecule has 8 heteroatoms. The fourth-order valence-electron chi connectivity index (χ4n) is 4.97. The molecule has 0 aliphatic carbocycles. The number of benzene rings is 3. The number of unbranched alkanes of at least 4 members (excludes halogenated alkanes) is 1. The lowest BCUT2D eigenvalue weighted by Gasteiger charge is -2.20. The molecule has 2 aromatic heterocycles. The van der Waals surface area contributed by atoms with Gasteiger partial charge >= 0.3 is 0 Å². The van der Waals surface area contributed by atoms with Crippen LogP contribution in [0.1, 0.15) is 53.8 Å². The fraction of sp³-hybridized carbons (Fsp3) is 0.226. The Kier molecular flexibility index (Phi) is 7.74. The number of nitrogens with one attached hydrogen (secondary N) is 2. The SMILES string of the molecule is CCCCOc1ccc(Br)cc1C(c1c(C)[nH]n(-c2ccccc2)c1=O)c1c(C)[nH]n(-c2ccccc2)c1=O. The molecule has 2 heterocycles. The van der Waals surface area contributed by atoms with E-state index >= 15 is 0 Å².